The molecule has 1 saturated heterocycles. The fraction of sp³-hybridized carbons (Fsp3) is 0.300. The van der Waals surface area contributed by atoms with E-state index >= 15 is 0 Å². The number of aryl methyl sites for hydroxylation is 1. The van der Waals surface area contributed by atoms with Crippen LogP contribution in [0.4, 0.5) is 10.8 Å². The number of hydrogen-bond donors (Lipinski definition) is 1. The Hall–Kier alpha value is -1.82. The Kier molecular flexibility index (Phi) is 5.26. The fourth-order valence-corrected chi connectivity index (χ4v) is 4.73. The summed E-state index contributed by atoms with van der Waals surface area (Å²) < 4.78 is 1.19. The molecule has 3 aromatic rings. The number of carbonyl (C=O) groups excluding carboxylic acids is 1. The minimum atomic E-state index is -0.0815. The van der Waals surface area contributed by atoms with Crippen LogP contribution in [0, 0.1) is 12.8 Å². The van der Waals surface area contributed by atoms with Crippen molar-refractivity contribution in [1.82, 2.24) is 4.98 Å². The lowest BCUT2D eigenvalue weighted by atomic mass is 9.97. The molecule has 1 aromatic heterocycles. The summed E-state index contributed by atoms with van der Waals surface area (Å²) in [5, 5.41) is 4.86. The molecule has 1 atom stereocenters. The molecule has 0 saturated carbocycles. The van der Waals surface area contributed by atoms with Crippen molar-refractivity contribution < 1.29 is 4.79 Å². The first-order chi connectivity index (χ1) is 13.0. The Labute approximate surface area is 172 Å². The number of carbonyl (C=O) groups is 1. The van der Waals surface area contributed by atoms with Crippen LogP contribution in [0.1, 0.15) is 18.4 Å². The predicted octanol–water partition coefficient (Wildman–Crippen LogP) is 5.77. The SMILES string of the molecule is Cc1ccc2nc(N3CCCC(C(=O)Nc4ccc(Cl)c(Cl)c4)C3)sc2c1. The van der Waals surface area contributed by atoms with Crippen LogP contribution in [0.2, 0.25) is 10.0 Å². The summed E-state index contributed by atoms with van der Waals surface area (Å²) in [5.74, 6) is -0.0722. The Bertz CT molecular complexity index is 1000. The zero-order valence-corrected chi connectivity index (χ0v) is 17.2. The van der Waals surface area contributed by atoms with Crippen molar-refractivity contribution in [2.75, 3.05) is 23.3 Å². The van der Waals surface area contributed by atoms with E-state index in [2.05, 4.69) is 35.3 Å². The third kappa shape index (κ3) is 4.05. The molecular weight excluding hydrogens is 401 g/mol. The highest BCUT2D eigenvalue weighted by molar-refractivity contribution is 7.22. The first-order valence-electron chi connectivity index (χ1n) is 8.87. The van der Waals surface area contributed by atoms with Gasteiger partial charge in [-0.1, -0.05) is 40.6 Å². The quantitative estimate of drug-likeness (QED) is 0.586. The molecule has 1 amide bonds. The van der Waals surface area contributed by atoms with Crippen LogP contribution < -0.4 is 10.2 Å². The minimum absolute atomic E-state index is 0.00930. The van der Waals surface area contributed by atoms with E-state index in [0.29, 0.717) is 22.3 Å². The van der Waals surface area contributed by atoms with Crippen LogP contribution in [0.25, 0.3) is 10.2 Å². The monoisotopic (exact) mass is 419 g/mol. The molecule has 2 heterocycles. The number of anilines is 2. The number of amides is 1. The van der Waals surface area contributed by atoms with Gasteiger partial charge in [0, 0.05) is 18.8 Å². The van der Waals surface area contributed by atoms with Crippen LogP contribution in [-0.4, -0.2) is 24.0 Å². The van der Waals surface area contributed by atoms with E-state index < -0.39 is 0 Å². The van der Waals surface area contributed by atoms with Crippen molar-refractivity contribution in [2.45, 2.75) is 19.8 Å². The van der Waals surface area contributed by atoms with Crippen molar-refractivity contribution in [3.8, 4) is 0 Å². The number of rotatable bonds is 3. The molecule has 1 fully saturated rings. The maximum absolute atomic E-state index is 12.7. The maximum Gasteiger partial charge on any atom is 0.229 e. The van der Waals surface area contributed by atoms with Gasteiger partial charge in [-0.2, -0.15) is 0 Å². The number of piperidine rings is 1. The summed E-state index contributed by atoms with van der Waals surface area (Å²) in [7, 11) is 0. The Balaban J connectivity index is 1.48. The Morgan fingerprint density at radius 2 is 2.07 bits per heavy atom. The molecule has 7 heteroatoms. The van der Waals surface area contributed by atoms with Gasteiger partial charge in [0.15, 0.2) is 5.13 Å². The average molecular weight is 420 g/mol. The smallest absolute Gasteiger partial charge is 0.229 e. The summed E-state index contributed by atoms with van der Waals surface area (Å²) >= 11 is 13.7. The molecule has 1 unspecified atom stereocenters. The number of nitrogens with one attached hydrogen (secondary N) is 1. The van der Waals surface area contributed by atoms with Crippen LogP contribution in [0.3, 0.4) is 0 Å². The second kappa shape index (κ2) is 7.66. The van der Waals surface area contributed by atoms with E-state index in [1.54, 1.807) is 29.5 Å². The maximum atomic E-state index is 12.7. The molecule has 0 bridgehead atoms. The highest BCUT2D eigenvalue weighted by atomic mass is 35.5. The Morgan fingerprint density at radius 1 is 1.22 bits per heavy atom. The van der Waals surface area contributed by atoms with E-state index in [1.165, 1.54) is 10.3 Å². The van der Waals surface area contributed by atoms with Gasteiger partial charge in [-0.15, -0.1) is 0 Å². The molecule has 140 valence electrons. The van der Waals surface area contributed by atoms with Gasteiger partial charge in [0.05, 0.1) is 26.2 Å². The van der Waals surface area contributed by atoms with Crippen molar-refractivity contribution in [2.24, 2.45) is 5.92 Å². The molecular formula is C20H19Cl2N3OS. The minimum Gasteiger partial charge on any atom is -0.347 e. The third-order valence-corrected chi connectivity index (χ3v) is 6.60. The van der Waals surface area contributed by atoms with Gasteiger partial charge in [0.25, 0.3) is 0 Å². The summed E-state index contributed by atoms with van der Waals surface area (Å²) in [6.45, 7) is 3.68. The predicted molar refractivity (Wildman–Crippen MR) is 114 cm³/mol. The molecule has 1 aliphatic rings. The molecule has 0 spiro atoms. The molecule has 27 heavy (non-hydrogen) atoms. The average Bonchev–Trinajstić information content (AvgIpc) is 3.08. The van der Waals surface area contributed by atoms with E-state index in [-0.39, 0.29) is 11.8 Å². The van der Waals surface area contributed by atoms with Gasteiger partial charge in [0.1, 0.15) is 0 Å². The van der Waals surface area contributed by atoms with Gasteiger partial charge in [0.2, 0.25) is 5.91 Å². The summed E-state index contributed by atoms with van der Waals surface area (Å²) in [6, 6.07) is 11.4. The summed E-state index contributed by atoms with van der Waals surface area (Å²) in [5.41, 5.74) is 2.92. The van der Waals surface area contributed by atoms with Crippen LogP contribution in [-0.2, 0) is 4.79 Å². The van der Waals surface area contributed by atoms with Crippen molar-refractivity contribution in [3.63, 3.8) is 0 Å². The zero-order chi connectivity index (χ0) is 19.0. The Morgan fingerprint density at radius 3 is 2.89 bits per heavy atom. The molecule has 4 nitrogen and oxygen atoms in total. The number of hydrogen-bond acceptors (Lipinski definition) is 4. The molecule has 0 radical (unpaired) electrons. The van der Waals surface area contributed by atoms with Gasteiger partial charge < -0.3 is 10.2 Å². The number of aromatic nitrogens is 1. The highest BCUT2D eigenvalue weighted by Crippen LogP contribution is 2.32. The largest absolute Gasteiger partial charge is 0.347 e. The van der Waals surface area contributed by atoms with Crippen LogP contribution in [0.5, 0.6) is 0 Å². The summed E-state index contributed by atoms with van der Waals surface area (Å²) in [6.07, 6.45) is 1.84. The highest BCUT2D eigenvalue weighted by Gasteiger charge is 2.27. The first-order valence-corrected chi connectivity index (χ1v) is 10.4. The third-order valence-electron chi connectivity index (χ3n) is 4.78. The van der Waals surface area contributed by atoms with E-state index in [1.807, 2.05) is 0 Å². The van der Waals surface area contributed by atoms with Gasteiger partial charge >= 0.3 is 0 Å². The number of nitrogens with zero attached hydrogens (tertiary/aromatic N) is 2. The standard InChI is InChI=1S/C20H19Cl2N3OS/c1-12-4-7-17-18(9-12)27-20(24-17)25-8-2-3-13(11-25)19(26)23-14-5-6-15(21)16(22)10-14/h4-7,9-10,13H,2-3,8,11H2,1H3,(H,23,26). The molecule has 1 N–H and O–H groups in total. The lowest BCUT2D eigenvalue weighted by molar-refractivity contribution is -0.120. The second-order valence-electron chi connectivity index (χ2n) is 6.87. The van der Waals surface area contributed by atoms with Crippen molar-refractivity contribution >= 4 is 61.5 Å². The lowest BCUT2D eigenvalue weighted by Gasteiger charge is -2.31. The van der Waals surface area contributed by atoms with Crippen LogP contribution in [0.15, 0.2) is 36.4 Å². The van der Waals surface area contributed by atoms with E-state index in [4.69, 9.17) is 28.2 Å². The first kappa shape index (κ1) is 18.5. The normalized spacial score (nSPS) is 17.3. The number of halogens is 2. The summed E-state index contributed by atoms with van der Waals surface area (Å²) in [4.78, 5) is 19.7. The van der Waals surface area contributed by atoms with E-state index in [9.17, 15) is 4.79 Å². The molecule has 0 aliphatic carbocycles. The van der Waals surface area contributed by atoms with Crippen LogP contribution >= 0.6 is 34.5 Å². The zero-order valence-electron chi connectivity index (χ0n) is 14.8. The molecule has 4 rings (SSSR count). The van der Waals surface area contributed by atoms with Gasteiger partial charge in [-0.05, 0) is 55.7 Å². The second-order valence-corrected chi connectivity index (χ2v) is 8.69. The van der Waals surface area contributed by atoms with Crippen molar-refractivity contribution in [1.29, 1.82) is 0 Å². The number of fused-ring (bicyclic) bond motifs is 1. The van der Waals surface area contributed by atoms with Crippen molar-refractivity contribution in [3.05, 3.63) is 52.0 Å². The van der Waals surface area contributed by atoms with E-state index in [0.717, 1.165) is 30.0 Å². The number of thiazole rings is 1. The topological polar surface area (TPSA) is 45.2 Å². The fourth-order valence-electron chi connectivity index (χ4n) is 3.34. The van der Waals surface area contributed by atoms with Gasteiger partial charge in [-0.3, -0.25) is 4.79 Å². The van der Waals surface area contributed by atoms with Gasteiger partial charge in [-0.25, -0.2) is 4.98 Å². The molecule has 1 aliphatic heterocycles. The lowest BCUT2D eigenvalue weighted by Crippen LogP contribution is -2.40. The molecule has 2 aromatic carbocycles. The number of benzene rings is 2.